The Morgan fingerprint density at radius 1 is 1.25 bits per heavy atom. The molecule has 6 heteroatoms. The van der Waals surface area contributed by atoms with Gasteiger partial charge < -0.3 is 10.3 Å². The summed E-state index contributed by atoms with van der Waals surface area (Å²) < 4.78 is 18.6. The van der Waals surface area contributed by atoms with Gasteiger partial charge in [-0.15, -0.1) is 0 Å². The molecule has 100 valence electrons. The number of rotatable bonds is 2. The van der Waals surface area contributed by atoms with E-state index in [1.165, 1.54) is 12.1 Å². The van der Waals surface area contributed by atoms with Gasteiger partial charge in [0.1, 0.15) is 11.5 Å². The molecule has 0 bridgehead atoms. The summed E-state index contributed by atoms with van der Waals surface area (Å²) in [6.07, 6.45) is 1.65. The molecule has 2 aromatic heterocycles. The third-order valence-corrected chi connectivity index (χ3v) is 2.89. The molecular formula is C14H11FN4O. The smallest absolute Gasteiger partial charge is 0.258 e. The lowest BCUT2D eigenvalue weighted by atomic mass is 10.2. The zero-order chi connectivity index (χ0) is 14.1. The molecule has 0 radical (unpaired) electrons. The van der Waals surface area contributed by atoms with E-state index in [-0.39, 0.29) is 11.6 Å². The topological polar surface area (TPSA) is 77.8 Å². The molecule has 1 aromatic carbocycles. The molecule has 20 heavy (non-hydrogen) atoms. The molecule has 5 nitrogen and oxygen atoms in total. The highest BCUT2D eigenvalue weighted by atomic mass is 19.1. The molecule has 0 aliphatic rings. The van der Waals surface area contributed by atoms with Gasteiger partial charge in [0.2, 0.25) is 5.82 Å². The fourth-order valence-corrected chi connectivity index (χ4v) is 1.82. The summed E-state index contributed by atoms with van der Waals surface area (Å²) >= 11 is 0. The molecule has 0 fully saturated rings. The fraction of sp³-hybridized carbons (Fsp3) is 0.0714. The number of aromatic nitrogens is 3. The van der Waals surface area contributed by atoms with E-state index < -0.39 is 5.82 Å². The van der Waals surface area contributed by atoms with Crippen LogP contribution in [0.1, 0.15) is 5.56 Å². The number of anilines is 1. The third kappa shape index (κ3) is 2.11. The van der Waals surface area contributed by atoms with E-state index in [9.17, 15) is 4.39 Å². The van der Waals surface area contributed by atoms with Crippen molar-refractivity contribution < 1.29 is 8.91 Å². The summed E-state index contributed by atoms with van der Waals surface area (Å²) in [6.45, 7) is 1.90. The summed E-state index contributed by atoms with van der Waals surface area (Å²) in [5, 5.41) is 3.87. The molecule has 3 rings (SSSR count). The molecule has 0 aliphatic heterocycles. The number of nitrogens with two attached hydrogens (primary N) is 1. The number of nitrogens with zero attached hydrogens (tertiary/aromatic N) is 3. The van der Waals surface area contributed by atoms with Gasteiger partial charge >= 0.3 is 0 Å². The maximum atomic E-state index is 13.4. The normalized spacial score (nSPS) is 10.7. The molecule has 2 N–H and O–H groups in total. The predicted octanol–water partition coefficient (Wildman–Crippen LogP) is 2.83. The van der Waals surface area contributed by atoms with Crippen molar-refractivity contribution in [3.05, 3.63) is 47.9 Å². The molecule has 0 aliphatic carbocycles. The van der Waals surface area contributed by atoms with Gasteiger partial charge in [0.05, 0.1) is 5.69 Å². The van der Waals surface area contributed by atoms with Crippen molar-refractivity contribution in [1.29, 1.82) is 0 Å². The second-order valence-corrected chi connectivity index (χ2v) is 4.33. The maximum absolute atomic E-state index is 13.4. The van der Waals surface area contributed by atoms with E-state index in [2.05, 4.69) is 15.1 Å². The van der Waals surface area contributed by atoms with Crippen molar-refractivity contribution >= 4 is 5.69 Å². The van der Waals surface area contributed by atoms with Crippen LogP contribution in [0.25, 0.3) is 23.0 Å². The minimum absolute atomic E-state index is 0.0778. The maximum Gasteiger partial charge on any atom is 0.258 e. The van der Waals surface area contributed by atoms with Gasteiger partial charge in [-0.1, -0.05) is 11.2 Å². The first-order valence-electron chi connectivity index (χ1n) is 5.96. The van der Waals surface area contributed by atoms with Crippen molar-refractivity contribution in [2.45, 2.75) is 6.92 Å². The van der Waals surface area contributed by atoms with Crippen LogP contribution in [0.15, 0.2) is 41.1 Å². The lowest BCUT2D eigenvalue weighted by molar-refractivity contribution is 0.432. The number of aryl methyl sites for hydroxylation is 1. The van der Waals surface area contributed by atoms with Crippen LogP contribution in [0.4, 0.5) is 10.1 Å². The minimum atomic E-state index is -0.517. The average molecular weight is 270 g/mol. The van der Waals surface area contributed by atoms with Gasteiger partial charge in [0, 0.05) is 11.8 Å². The molecule has 2 heterocycles. The van der Waals surface area contributed by atoms with Crippen molar-refractivity contribution in [3.63, 3.8) is 0 Å². The first-order valence-corrected chi connectivity index (χ1v) is 5.96. The lowest BCUT2D eigenvalue weighted by Crippen LogP contribution is -1.91. The van der Waals surface area contributed by atoms with Crippen LogP contribution in [0.5, 0.6) is 0 Å². The largest absolute Gasteiger partial charge is 0.396 e. The number of hydrogen-bond donors (Lipinski definition) is 1. The van der Waals surface area contributed by atoms with E-state index in [1.807, 2.05) is 19.1 Å². The van der Waals surface area contributed by atoms with Gasteiger partial charge in [0.15, 0.2) is 0 Å². The summed E-state index contributed by atoms with van der Waals surface area (Å²) in [4.78, 5) is 8.44. The Hall–Kier alpha value is -2.76. The molecule has 0 unspecified atom stereocenters. The van der Waals surface area contributed by atoms with Gasteiger partial charge in [-0.05, 0) is 36.8 Å². The number of benzene rings is 1. The Kier molecular flexibility index (Phi) is 2.90. The lowest BCUT2D eigenvalue weighted by Gasteiger charge is -1.98. The summed E-state index contributed by atoms with van der Waals surface area (Å²) in [6, 6.07) is 8.08. The van der Waals surface area contributed by atoms with Gasteiger partial charge in [-0.2, -0.15) is 4.98 Å². The zero-order valence-electron chi connectivity index (χ0n) is 10.7. The van der Waals surface area contributed by atoms with E-state index in [4.69, 9.17) is 10.3 Å². The number of pyridine rings is 1. The Morgan fingerprint density at radius 3 is 2.85 bits per heavy atom. The summed E-state index contributed by atoms with van der Waals surface area (Å²) in [5.41, 5.74) is 7.56. The van der Waals surface area contributed by atoms with Gasteiger partial charge in [-0.25, -0.2) is 4.39 Å². The Labute approximate surface area is 114 Å². The number of hydrogen-bond acceptors (Lipinski definition) is 5. The molecule has 0 amide bonds. The summed E-state index contributed by atoms with van der Waals surface area (Å²) in [5.74, 6) is 0.0792. The van der Waals surface area contributed by atoms with Gasteiger partial charge in [0.25, 0.3) is 5.89 Å². The molecule has 0 spiro atoms. The van der Waals surface area contributed by atoms with Crippen LogP contribution < -0.4 is 5.73 Å². The Balaban J connectivity index is 2.02. The van der Waals surface area contributed by atoms with E-state index in [0.717, 1.165) is 5.56 Å². The Morgan fingerprint density at radius 2 is 2.10 bits per heavy atom. The SMILES string of the molecule is Cc1cccnc1-c1noc(-c2ccc(N)c(F)c2)n1. The van der Waals surface area contributed by atoms with Crippen molar-refractivity contribution in [3.8, 4) is 23.0 Å². The minimum Gasteiger partial charge on any atom is -0.396 e. The second-order valence-electron chi connectivity index (χ2n) is 4.33. The highest BCUT2D eigenvalue weighted by Gasteiger charge is 2.14. The quantitative estimate of drug-likeness (QED) is 0.724. The monoisotopic (exact) mass is 270 g/mol. The molecular weight excluding hydrogens is 259 g/mol. The van der Waals surface area contributed by atoms with Crippen molar-refractivity contribution in [2.75, 3.05) is 5.73 Å². The first kappa shape index (κ1) is 12.3. The highest BCUT2D eigenvalue weighted by Crippen LogP contribution is 2.24. The van der Waals surface area contributed by atoms with Gasteiger partial charge in [-0.3, -0.25) is 4.98 Å². The van der Waals surface area contributed by atoms with E-state index in [1.54, 1.807) is 12.3 Å². The standard InChI is InChI=1S/C14H11FN4O/c1-8-3-2-6-17-12(8)13-18-14(20-19-13)9-4-5-11(16)10(15)7-9/h2-7H,16H2,1H3. The molecule has 0 atom stereocenters. The first-order chi connectivity index (χ1) is 9.65. The van der Waals surface area contributed by atoms with E-state index in [0.29, 0.717) is 17.1 Å². The van der Waals surface area contributed by atoms with Crippen LogP contribution in [-0.4, -0.2) is 15.1 Å². The van der Waals surface area contributed by atoms with Crippen molar-refractivity contribution in [2.24, 2.45) is 0 Å². The fourth-order valence-electron chi connectivity index (χ4n) is 1.82. The van der Waals surface area contributed by atoms with Crippen LogP contribution in [0.2, 0.25) is 0 Å². The van der Waals surface area contributed by atoms with Crippen LogP contribution in [-0.2, 0) is 0 Å². The van der Waals surface area contributed by atoms with Crippen molar-refractivity contribution in [1.82, 2.24) is 15.1 Å². The average Bonchev–Trinajstić information content (AvgIpc) is 2.92. The van der Waals surface area contributed by atoms with Crippen LogP contribution >= 0.6 is 0 Å². The highest BCUT2D eigenvalue weighted by molar-refractivity contribution is 5.61. The van der Waals surface area contributed by atoms with Crippen LogP contribution in [0, 0.1) is 12.7 Å². The second kappa shape index (κ2) is 4.73. The van der Waals surface area contributed by atoms with Crippen LogP contribution in [0.3, 0.4) is 0 Å². The zero-order valence-corrected chi connectivity index (χ0v) is 10.7. The number of nitrogen functional groups attached to an aromatic ring is 1. The predicted molar refractivity (Wildman–Crippen MR) is 72.1 cm³/mol. The molecule has 0 saturated heterocycles. The van der Waals surface area contributed by atoms with E-state index >= 15 is 0 Å². The number of halogens is 1. The Bertz CT molecular complexity index is 769. The third-order valence-electron chi connectivity index (χ3n) is 2.89. The molecule has 0 saturated carbocycles. The summed E-state index contributed by atoms with van der Waals surface area (Å²) in [7, 11) is 0. The molecule has 3 aromatic rings.